The van der Waals surface area contributed by atoms with Gasteiger partial charge in [0.15, 0.2) is 11.7 Å². The van der Waals surface area contributed by atoms with Crippen LogP contribution in [0.2, 0.25) is 10.0 Å². The van der Waals surface area contributed by atoms with Crippen LogP contribution in [0.15, 0.2) is 66.7 Å². The Morgan fingerprint density at radius 3 is 2.56 bits per heavy atom. The number of ether oxygens (including phenoxy) is 2. The highest BCUT2D eigenvalue weighted by Crippen LogP contribution is 2.35. The number of nitrogens with zero attached hydrogens (tertiary/aromatic N) is 2. The number of thiazole rings is 1. The third-order valence-corrected chi connectivity index (χ3v) is 6.21. The molecule has 3 aromatic carbocycles. The average Bonchev–Trinajstić information content (AvgIpc) is 3.22. The molecule has 0 radical (unpaired) electrons. The number of aromatic nitrogens is 1. The van der Waals surface area contributed by atoms with E-state index in [1.807, 2.05) is 55.5 Å². The Morgan fingerprint density at radius 1 is 1.00 bits per heavy atom. The Labute approximate surface area is 200 Å². The number of carbonyl (C=O) groups is 1. The normalized spacial score (nSPS) is 10.8. The van der Waals surface area contributed by atoms with Crippen molar-refractivity contribution in [2.75, 3.05) is 18.1 Å². The molecule has 8 heteroatoms. The van der Waals surface area contributed by atoms with Crippen molar-refractivity contribution < 1.29 is 14.3 Å². The van der Waals surface area contributed by atoms with Gasteiger partial charge in [-0.2, -0.15) is 0 Å². The van der Waals surface area contributed by atoms with Crippen molar-refractivity contribution in [3.05, 3.63) is 82.3 Å². The number of anilines is 1. The fraction of sp³-hybridized carbons (Fsp3) is 0.167. The van der Waals surface area contributed by atoms with E-state index in [0.29, 0.717) is 39.8 Å². The van der Waals surface area contributed by atoms with Crippen molar-refractivity contribution in [1.29, 1.82) is 0 Å². The predicted molar refractivity (Wildman–Crippen MR) is 130 cm³/mol. The minimum Gasteiger partial charge on any atom is -0.492 e. The van der Waals surface area contributed by atoms with Crippen molar-refractivity contribution in [1.82, 2.24) is 4.98 Å². The summed E-state index contributed by atoms with van der Waals surface area (Å²) in [7, 11) is 0. The van der Waals surface area contributed by atoms with Crippen LogP contribution in [0.25, 0.3) is 10.2 Å². The maximum Gasteiger partial charge on any atom is 0.267 e. The summed E-state index contributed by atoms with van der Waals surface area (Å²) in [6, 6.07) is 20.4. The maximum absolute atomic E-state index is 13.3. The Hall–Kier alpha value is -2.80. The van der Waals surface area contributed by atoms with Gasteiger partial charge in [0, 0.05) is 5.02 Å². The lowest BCUT2D eigenvalue weighted by molar-refractivity contribution is -0.120. The van der Waals surface area contributed by atoms with Crippen LogP contribution in [-0.2, 0) is 11.3 Å². The summed E-state index contributed by atoms with van der Waals surface area (Å²) >= 11 is 13.6. The van der Waals surface area contributed by atoms with E-state index in [2.05, 4.69) is 0 Å². The van der Waals surface area contributed by atoms with Gasteiger partial charge in [-0.3, -0.25) is 9.69 Å². The van der Waals surface area contributed by atoms with Gasteiger partial charge in [0.25, 0.3) is 5.91 Å². The lowest BCUT2D eigenvalue weighted by atomic mass is 10.2. The van der Waals surface area contributed by atoms with Gasteiger partial charge in [-0.1, -0.05) is 70.9 Å². The molecule has 4 aromatic rings. The summed E-state index contributed by atoms with van der Waals surface area (Å²) in [6.45, 7) is 2.63. The molecule has 1 amide bonds. The molecule has 0 N–H and O–H groups in total. The van der Waals surface area contributed by atoms with Crippen LogP contribution in [0.4, 0.5) is 5.13 Å². The number of para-hydroxylation sites is 1. The number of amides is 1. The first-order valence-electron chi connectivity index (χ1n) is 9.99. The number of benzene rings is 3. The van der Waals surface area contributed by atoms with E-state index in [0.717, 1.165) is 15.8 Å². The van der Waals surface area contributed by atoms with Crippen LogP contribution in [0, 0.1) is 0 Å². The molecule has 164 valence electrons. The van der Waals surface area contributed by atoms with Crippen LogP contribution in [0.1, 0.15) is 12.5 Å². The van der Waals surface area contributed by atoms with Gasteiger partial charge in [0.05, 0.1) is 22.9 Å². The second-order valence-corrected chi connectivity index (χ2v) is 8.71. The highest BCUT2D eigenvalue weighted by Gasteiger charge is 2.22. The first-order valence-corrected chi connectivity index (χ1v) is 11.6. The molecule has 5 nitrogen and oxygen atoms in total. The van der Waals surface area contributed by atoms with Crippen LogP contribution in [0.3, 0.4) is 0 Å². The molecule has 0 bridgehead atoms. The Bertz CT molecular complexity index is 1230. The maximum atomic E-state index is 13.3. The first kappa shape index (κ1) is 22.4. The predicted octanol–water partition coefficient (Wildman–Crippen LogP) is 6.61. The summed E-state index contributed by atoms with van der Waals surface area (Å²) in [5.74, 6) is 0.854. The highest BCUT2D eigenvalue weighted by atomic mass is 35.5. The monoisotopic (exact) mass is 486 g/mol. The van der Waals surface area contributed by atoms with E-state index in [-0.39, 0.29) is 12.5 Å². The van der Waals surface area contributed by atoms with Crippen LogP contribution >= 0.6 is 34.5 Å². The van der Waals surface area contributed by atoms with Gasteiger partial charge >= 0.3 is 0 Å². The highest BCUT2D eigenvalue weighted by molar-refractivity contribution is 7.22. The lowest BCUT2D eigenvalue weighted by Crippen LogP contribution is -2.34. The van der Waals surface area contributed by atoms with Crippen molar-refractivity contribution in [2.45, 2.75) is 13.5 Å². The quantitative estimate of drug-likeness (QED) is 0.281. The number of hydrogen-bond acceptors (Lipinski definition) is 5. The fourth-order valence-electron chi connectivity index (χ4n) is 3.14. The van der Waals surface area contributed by atoms with E-state index in [4.69, 9.17) is 37.7 Å². The van der Waals surface area contributed by atoms with Crippen molar-refractivity contribution in [2.24, 2.45) is 0 Å². The second kappa shape index (κ2) is 10.2. The van der Waals surface area contributed by atoms with Crippen molar-refractivity contribution in [3.8, 4) is 11.5 Å². The molecule has 0 saturated carbocycles. The summed E-state index contributed by atoms with van der Waals surface area (Å²) in [4.78, 5) is 19.6. The molecule has 4 rings (SSSR count). The molecule has 32 heavy (non-hydrogen) atoms. The van der Waals surface area contributed by atoms with Gasteiger partial charge in [0.2, 0.25) is 0 Å². The SMILES string of the molecule is CCOc1cccc2sc(N(Cc3ccccc3)C(=O)COc3ccc(Cl)cc3Cl)nc12. The minimum absolute atomic E-state index is 0.192. The van der Waals surface area contributed by atoms with Gasteiger partial charge < -0.3 is 9.47 Å². The molecule has 0 aliphatic heterocycles. The molecule has 0 aliphatic rings. The van der Waals surface area contributed by atoms with Crippen LogP contribution in [-0.4, -0.2) is 24.1 Å². The summed E-state index contributed by atoms with van der Waals surface area (Å²) < 4.78 is 12.4. The molecule has 0 fully saturated rings. The molecule has 0 unspecified atom stereocenters. The van der Waals surface area contributed by atoms with E-state index < -0.39 is 0 Å². The van der Waals surface area contributed by atoms with Gasteiger partial charge in [0.1, 0.15) is 17.0 Å². The number of hydrogen-bond donors (Lipinski definition) is 0. The van der Waals surface area contributed by atoms with Gasteiger partial charge in [-0.05, 0) is 42.8 Å². The van der Waals surface area contributed by atoms with Gasteiger partial charge in [-0.15, -0.1) is 0 Å². The van der Waals surface area contributed by atoms with E-state index in [9.17, 15) is 4.79 Å². The second-order valence-electron chi connectivity index (χ2n) is 6.86. The standard InChI is InChI=1S/C24H20Cl2N2O3S/c1-2-30-20-9-6-10-21-23(20)27-24(32-21)28(14-16-7-4-3-5-8-16)22(29)15-31-19-12-11-17(25)13-18(19)26/h3-13H,2,14-15H2,1H3. The average molecular weight is 487 g/mol. The molecule has 0 aliphatic carbocycles. The molecule has 1 aromatic heterocycles. The van der Waals surface area contributed by atoms with Crippen molar-refractivity contribution >= 4 is 55.8 Å². The Kier molecular flexibility index (Phi) is 7.15. The minimum atomic E-state index is -0.239. The Morgan fingerprint density at radius 2 is 1.81 bits per heavy atom. The third-order valence-electron chi connectivity index (χ3n) is 4.63. The first-order chi connectivity index (χ1) is 15.5. The summed E-state index contributed by atoms with van der Waals surface area (Å²) in [6.07, 6.45) is 0. The third kappa shape index (κ3) is 5.15. The summed E-state index contributed by atoms with van der Waals surface area (Å²) in [5, 5.41) is 1.42. The van der Waals surface area contributed by atoms with E-state index >= 15 is 0 Å². The fourth-order valence-corrected chi connectivity index (χ4v) is 4.60. The lowest BCUT2D eigenvalue weighted by Gasteiger charge is -2.20. The van der Waals surface area contributed by atoms with Gasteiger partial charge in [-0.25, -0.2) is 4.98 Å². The molecule has 0 atom stereocenters. The van der Waals surface area contributed by atoms with Crippen molar-refractivity contribution in [3.63, 3.8) is 0 Å². The smallest absolute Gasteiger partial charge is 0.267 e. The van der Waals surface area contributed by atoms with Crippen LogP contribution < -0.4 is 14.4 Å². The van der Waals surface area contributed by atoms with E-state index in [1.165, 1.54) is 11.3 Å². The van der Waals surface area contributed by atoms with E-state index in [1.54, 1.807) is 23.1 Å². The number of carbonyl (C=O) groups excluding carboxylic acids is 1. The molecular weight excluding hydrogens is 467 g/mol. The zero-order valence-corrected chi connectivity index (χ0v) is 19.6. The largest absolute Gasteiger partial charge is 0.492 e. The molecule has 0 spiro atoms. The summed E-state index contributed by atoms with van der Waals surface area (Å²) in [5.41, 5.74) is 1.72. The topological polar surface area (TPSA) is 51.7 Å². The zero-order valence-electron chi connectivity index (χ0n) is 17.3. The molecule has 1 heterocycles. The number of rotatable bonds is 8. The zero-order chi connectivity index (χ0) is 22.5. The molecule has 0 saturated heterocycles. The van der Waals surface area contributed by atoms with Crippen LogP contribution in [0.5, 0.6) is 11.5 Å². The number of fused-ring (bicyclic) bond motifs is 1. The number of halogens is 2. The molecular formula is C24H20Cl2N2O3S. The Balaban J connectivity index is 1.63.